The van der Waals surface area contributed by atoms with Crippen molar-refractivity contribution >= 4 is 11.3 Å². The molecule has 4 heteroatoms. The number of rotatable bonds is 3. The number of fused-ring (bicyclic) bond motifs is 1. The van der Waals surface area contributed by atoms with Crippen LogP contribution in [0.5, 0.6) is 0 Å². The van der Waals surface area contributed by atoms with Gasteiger partial charge in [-0.05, 0) is 57.9 Å². The molecule has 0 bridgehead atoms. The Labute approximate surface area is 160 Å². The molecular formula is C22H28O3S. The van der Waals surface area contributed by atoms with E-state index in [-0.39, 0.29) is 17.1 Å². The van der Waals surface area contributed by atoms with Gasteiger partial charge in [-0.25, -0.2) is 0 Å². The van der Waals surface area contributed by atoms with Gasteiger partial charge in [-0.2, -0.15) is 0 Å². The van der Waals surface area contributed by atoms with Crippen molar-refractivity contribution < 1.29 is 14.6 Å². The summed E-state index contributed by atoms with van der Waals surface area (Å²) in [5.41, 5.74) is 4.83. The zero-order valence-electron chi connectivity index (χ0n) is 16.0. The van der Waals surface area contributed by atoms with Gasteiger partial charge in [-0.15, -0.1) is 11.3 Å². The fourth-order valence-corrected chi connectivity index (χ4v) is 4.95. The molecular weight excluding hydrogens is 344 g/mol. The lowest BCUT2D eigenvalue weighted by molar-refractivity contribution is -0.0458. The normalized spacial score (nSPS) is 23.0. The highest BCUT2D eigenvalue weighted by Crippen LogP contribution is 2.48. The zero-order chi connectivity index (χ0) is 18.5. The van der Waals surface area contributed by atoms with Crippen LogP contribution in [0.25, 0.3) is 0 Å². The van der Waals surface area contributed by atoms with Crippen LogP contribution in [0.1, 0.15) is 80.1 Å². The van der Waals surface area contributed by atoms with Gasteiger partial charge >= 0.3 is 0 Å². The lowest BCUT2D eigenvalue weighted by atomic mass is 9.62. The van der Waals surface area contributed by atoms with Crippen molar-refractivity contribution in [1.29, 1.82) is 0 Å². The minimum atomic E-state index is -0.649. The van der Waals surface area contributed by atoms with Gasteiger partial charge in [0.25, 0.3) is 0 Å². The quantitative estimate of drug-likeness (QED) is 0.802. The first-order valence-electron chi connectivity index (χ1n) is 9.43. The third-order valence-corrected chi connectivity index (χ3v) is 6.96. The van der Waals surface area contributed by atoms with Crippen molar-refractivity contribution in [2.75, 3.05) is 13.2 Å². The van der Waals surface area contributed by atoms with E-state index in [0.29, 0.717) is 13.2 Å². The van der Waals surface area contributed by atoms with Gasteiger partial charge in [-0.3, -0.25) is 0 Å². The summed E-state index contributed by atoms with van der Waals surface area (Å²) >= 11 is 1.58. The Hall–Kier alpha value is -1.20. The zero-order valence-corrected chi connectivity index (χ0v) is 16.9. The van der Waals surface area contributed by atoms with Gasteiger partial charge in [0.1, 0.15) is 6.10 Å². The smallest absolute Gasteiger partial charge is 0.184 e. The fraction of sp³-hybridized carbons (Fsp3) is 0.545. The van der Waals surface area contributed by atoms with Crippen LogP contribution in [-0.2, 0) is 20.3 Å². The summed E-state index contributed by atoms with van der Waals surface area (Å²) in [5, 5.41) is 13.1. The van der Waals surface area contributed by atoms with Gasteiger partial charge in [-0.1, -0.05) is 39.8 Å². The van der Waals surface area contributed by atoms with Crippen LogP contribution in [0.4, 0.5) is 0 Å². The average molecular weight is 373 g/mol. The number of thiophene rings is 1. The maximum Gasteiger partial charge on any atom is 0.184 e. The molecule has 4 rings (SSSR count). The van der Waals surface area contributed by atoms with Crippen molar-refractivity contribution in [2.24, 2.45) is 0 Å². The van der Waals surface area contributed by atoms with E-state index in [0.717, 1.165) is 28.8 Å². The van der Waals surface area contributed by atoms with Gasteiger partial charge in [0, 0.05) is 10.4 Å². The van der Waals surface area contributed by atoms with E-state index in [1.807, 2.05) is 17.5 Å². The molecule has 2 aliphatic rings. The topological polar surface area (TPSA) is 38.7 Å². The van der Waals surface area contributed by atoms with E-state index >= 15 is 0 Å². The molecule has 1 atom stereocenters. The Kier molecular flexibility index (Phi) is 4.51. The van der Waals surface area contributed by atoms with E-state index in [4.69, 9.17) is 9.47 Å². The second-order valence-corrected chi connectivity index (χ2v) is 9.77. The number of ether oxygens (including phenoxy) is 2. The number of hydrogen-bond acceptors (Lipinski definition) is 4. The van der Waals surface area contributed by atoms with E-state index < -0.39 is 6.10 Å². The van der Waals surface area contributed by atoms with Crippen molar-refractivity contribution in [1.82, 2.24) is 0 Å². The first-order chi connectivity index (χ1) is 12.3. The van der Waals surface area contributed by atoms with Crippen LogP contribution >= 0.6 is 11.3 Å². The minimum absolute atomic E-state index is 0.102. The molecule has 0 spiro atoms. The van der Waals surface area contributed by atoms with Gasteiger partial charge < -0.3 is 14.6 Å². The molecule has 0 amide bonds. The molecule has 1 aliphatic heterocycles. The number of aliphatic hydroxyl groups is 1. The highest BCUT2D eigenvalue weighted by Gasteiger charge is 2.39. The molecule has 1 aromatic heterocycles. The lowest BCUT2D eigenvalue weighted by Crippen LogP contribution is -2.34. The van der Waals surface area contributed by atoms with Crippen molar-refractivity contribution in [3.05, 3.63) is 56.8 Å². The van der Waals surface area contributed by atoms with Gasteiger partial charge in [0.15, 0.2) is 6.29 Å². The molecule has 2 heterocycles. The molecule has 1 unspecified atom stereocenters. The highest BCUT2D eigenvalue weighted by atomic mass is 32.1. The molecule has 1 aliphatic carbocycles. The Morgan fingerprint density at radius 2 is 1.65 bits per heavy atom. The maximum atomic E-state index is 11.1. The molecule has 2 aromatic rings. The van der Waals surface area contributed by atoms with Crippen LogP contribution in [0.3, 0.4) is 0 Å². The summed E-state index contributed by atoms with van der Waals surface area (Å²) < 4.78 is 11.7. The van der Waals surface area contributed by atoms with Gasteiger partial charge in [0.2, 0.25) is 0 Å². The van der Waals surface area contributed by atoms with Crippen LogP contribution < -0.4 is 0 Å². The second kappa shape index (κ2) is 6.45. The predicted molar refractivity (Wildman–Crippen MR) is 105 cm³/mol. The van der Waals surface area contributed by atoms with Crippen LogP contribution in [-0.4, -0.2) is 18.3 Å². The summed E-state index contributed by atoms with van der Waals surface area (Å²) in [5.74, 6) is 0. The molecule has 0 saturated carbocycles. The van der Waals surface area contributed by atoms with E-state index in [1.165, 1.54) is 11.1 Å². The molecule has 26 heavy (non-hydrogen) atoms. The molecule has 3 nitrogen and oxygen atoms in total. The molecule has 1 fully saturated rings. The summed E-state index contributed by atoms with van der Waals surface area (Å²) in [4.78, 5) is 0.956. The first-order valence-corrected chi connectivity index (χ1v) is 10.3. The number of hydrogen-bond donors (Lipinski definition) is 1. The highest BCUT2D eigenvalue weighted by molar-refractivity contribution is 7.10. The summed E-state index contributed by atoms with van der Waals surface area (Å²) in [6.07, 6.45) is 1.28. The Morgan fingerprint density at radius 3 is 2.23 bits per heavy atom. The molecule has 140 valence electrons. The maximum absolute atomic E-state index is 11.1. The minimum Gasteiger partial charge on any atom is -0.383 e. The van der Waals surface area contributed by atoms with Crippen molar-refractivity contribution in [3.63, 3.8) is 0 Å². The molecule has 1 N–H and O–H groups in total. The fourth-order valence-electron chi connectivity index (χ4n) is 4.23. The predicted octanol–water partition coefficient (Wildman–Crippen LogP) is 5.22. The lowest BCUT2D eigenvalue weighted by Gasteiger charge is -2.43. The van der Waals surface area contributed by atoms with E-state index in [1.54, 1.807) is 11.3 Å². The Balaban J connectivity index is 1.91. The third kappa shape index (κ3) is 3.03. The Morgan fingerprint density at radius 1 is 1.04 bits per heavy atom. The molecule has 1 saturated heterocycles. The SMILES string of the molecule is CC1(C)CCC(C)(C)c2cc(C(O)c3cccs3)c(C3OCCO3)cc21. The van der Waals surface area contributed by atoms with E-state index in [9.17, 15) is 5.11 Å². The van der Waals surface area contributed by atoms with Gasteiger partial charge in [0.05, 0.1) is 13.2 Å². The Bertz CT molecular complexity index is 786. The number of aliphatic hydroxyl groups excluding tert-OH is 1. The summed E-state index contributed by atoms with van der Waals surface area (Å²) in [6, 6.07) is 8.44. The van der Waals surface area contributed by atoms with Crippen LogP contribution in [0.15, 0.2) is 29.6 Å². The molecule has 0 radical (unpaired) electrons. The van der Waals surface area contributed by atoms with Crippen molar-refractivity contribution in [2.45, 2.75) is 63.8 Å². The standard InChI is InChI=1S/C22H28O3S/c1-21(2)7-8-22(3,4)17-13-15(20-24-9-10-25-20)14(12-16(17)21)19(23)18-6-5-11-26-18/h5-6,11-13,19-20,23H,7-10H2,1-4H3. The summed E-state index contributed by atoms with van der Waals surface area (Å²) in [6.45, 7) is 10.5. The van der Waals surface area contributed by atoms with E-state index in [2.05, 4.69) is 39.8 Å². The number of benzene rings is 1. The monoisotopic (exact) mass is 372 g/mol. The largest absolute Gasteiger partial charge is 0.383 e. The van der Waals surface area contributed by atoms with Crippen LogP contribution in [0, 0.1) is 0 Å². The van der Waals surface area contributed by atoms with Crippen molar-refractivity contribution in [3.8, 4) is 0 Å². The second-order valence-electron chi connectivity index (χ2n) is 8.79. The average Bonchev–Trinajstić information content (AvgIpc) is 3.30. The third-order valence-electron chi connectivity index (χ3n) is 6.04. The molecule has 1 aromatic carbocycles. The summed E-state index contributed by atoms with van der Waals surface area (Å²) in [7, 11) is 0. The first kappa shape index (κ1) is 18.2. The van der Waals surface area contributed by atoms with Crippen LogP contribution in [0.2, 0.25) is 0 Å².